The standard InChI is InChI=1S/C20H31NO5/c1-5-7-8-9-11-21(12-10-19(22)26-6-2)20(23)16-13-17(24-3)15-18(14-16)25-4/h13-15H,5-12H2,1-4H3. The lowest BCUT2D eigenvalue weighted by atomic mass is 10.1. The highest BCUT2D eigenvalue weighted by Gasteiger charge is 2.19. The number of nitrogens with zero attached hydrogens (tertiary/aromatic N) is 1. The lowest BCUT2D eigenvalue weighted by molar-refractivity contribution is -0.143. The molecule has 1 aromatic rings. The molecule has 0 aromatic heterocycles. The molecule has 0 aliphatic rings. The highest BCUT2D eigenvalue weighted by atomic mass is 16.5. The second-order valence-corrected chi connectivity index (χ2v) is 6.01. The largest absolute Gasteiger partial charge is 0.497 e. The second kappa shape index (κ2) is 12.2. The van der Waals surface area contributed by atoms with Crippen molar-refractivity contribution in [1.82, 2.24) is 4.90 Å². The number of carbonyl (C=O) groups is 2. The van der Waals surface area contributed by atoms with Gasteiger partial charge in [0.1, 0.15) is 11.5 Å². The van der Waals surface area contributed by atoms with Gasteiger partial charge in [0.05, 0.1) is 27.2 Å². The summed E-state index contributed by atoms with van der Waals surface area (Å²) in [6.45, 7) is 5.21. The number of esters is 1. The minimum atomic E-state index is -0.290. The molecule has 1 aromatic carbocycles. The number of amides is 1. The van der Waals surface area contributed by atoms with Crippen molar-refractivity contribution >= 4 is 11.9 Å². The summed E-state index contributed by atoms with van der Waals surface area (Å²) in [5.74, 6) is 0.693. The summed E-state index contributed by atoms with van der Waals surface area (Å²) in [4.78, 5) is 26.4. The van der Waals surface area contributed by atoms with E-state index in [4.69, 9.17) is 14.2 Å². The van der Waals surface area contributed by atoms with Crippen LogP contribution in [-0.2, 0) is 9.53 Å². The predicted octanol–water partition coefficient (Wildman–Crippen LogP) is 3.68. The van der Waals surface area contributed by atoms with Gasteiger partial charge >= 0.3 is 5.97 Å². The first-order chi connectivity index (χ1) is 12.5. The lowest BCUT2D eigenvalue weighted by Crippen LogP contribution is -2.34. The van der Waals surface area contributed by atoms with Crippen molar-refractivity contribution < 1.29 is 23.8 Å². The van der Waals surface area contributed by atoms with Gasteiger partial charge < -0.3 is 19.1 Å². The van der Waals surface area contributed by atoms with E-state index in [9.17, 15) is 9.59 Å². The molecule has 0 saturated heterocycles. The van der Waals surface area contributed by atoms with Crippen molar-refractivity contribution in [2.24, 2.45) is 0 Å². The molecule has 0 aliphatic carbocycles. The molecule has 146 valence electrons. The fourth-order valence-corrected chi connectivity index (χ4v) is 2.62. The zero-order chi connectivity index (χ0) is 19.4. The normalized spacial score (nSPS) is 10.3. The molecule has 0 heterocycles. The van der Waals surface area contributed by atoms with Crippen LogP contribution in [0, 0.1) is 0 Å². The van der Waals surface area contributed by atoms with Gasteiger partial charge in [-0.2, -0.15) is 0 Å². The third kappa shape index (κ3) is 7.33. The Balaban J connectivity index is 2.88. The average molecular weight is 365 g/mol. The number of ether oxygens (including phenoxy) is 3. The van der Waals surface area contributed by atoms with E-state index in [0.29, 0.717) is 36.8 Å². The maximum atomic E-state index is 13.0. The summed E-state index contributed by atoms with van der Waals surface area (Å²) in [5.41, 5.74) is 0.487. The van der Waals surface area contributed by atoms with Crippen LogP contribution >= 0.6 is 0 Å². The number of hydrogen-bond donors (Lipinski definition) is 0. The van der Waals surface area contributed by atoms with Crippen LogP contribution in [0.1, 0.15) is 56.3 Å². The van der Waals surface area contributed by atoms with E-state index in [1.54, 1.807) is 44.2 Å². The minimum absolute atomic E-state index is 0.136. The molecule has 0 saturated carbocycles. The zero-order valence-corrected chi connectivity index (χ0v) is 16.4. The molecule has 0 fully saturated rings. The molecular weight excluding hydrogens is 334 g/mol. The van der Waals surface area contributed by atoms with Crippen LogP contribution in [0.4, 0.5) is 0 Å². The fourth-order valence-electron chi connectivity index (χ4n) is 2.62. The molecule has 0 bridgehead atoms. The average Bonchev–Trinajstić information content (AvgIpc) is 2.66. The van der Waals surface area contributed by atoms with Crippen molar-refractivity contribution in [3.63, 3.8) is 0 Å². The summed E-state index contributed by atoms with van der Waals surface area (Å²) in [6, 6.07) is 5.10. The minimum Gasteiger partial charge on any atom is -0.497 e. The van der Waals surface area contributed by atoms with Gasteiger partial charge in [-0.05, 0) is 25.5 Å². The lowest BCUT2D eigenvalue weighted by Gasteiger charge is -2.23. The van der Waals surface area contributed by atoms with Gasteiger partial charge in [0.25, 0.3) is 5.91 Å². The van der Waals surface area contributed by atoms with E-state index in [2.05, 4.69) is 6.92 Å². The topological polar surface area (TPSA) is 65.1 Å². The Labute approximate surface area is 156 Å². The Kier molecular flexibility index (Phi) is 10.2. The van der Waals surface area contributed by atoms with E-state index >= 15 is 0 Å². The molecule has 0 atom stereocenters. The van der Waals surface area contributed by atoms with Gasteiger partial charge in [-0.25, -0.2) is 0 Å². The Morgan fingerprint density at radius 3 is 2.12 bits per heavy atom. The van der Waals surface area contributed by atoms with Crippen LogP contribution in [0.15, 0.2) is 18.2 Å². The maximum Gasteiger partial charge on any atom is 0.307 e. The van der Waals surface area contributed by atoms with Gasteiger partial charge in [-0.15, -0.1) is 0 Å². The van der Waals surface area contributed by atoms with E-state index in [1.807, 2.05) is 0 Å². The molecule has 26 heavy (non-hydrogen) atoms. The Morgan fingerprint density at radius 2 is 1.58 bits per heavy atom. The van der Waals surface area contributed by atoms with Crippen LogP contribution in [0.5, 0.6) is 11.5 Å². The first kappa shape index (κ1) is 21.8. The first-order valence-electron chi connectivity index (χ1n) is 9.23. The predicted molar refractivity (Wildman–Crippen MR) is 101 cm³/mol. The van der Waals surface area contributed by atoms with E-state index in [-0.39, 0.29) is 18.3 Å². The number of carbonyl (C=O) groups excluding carboxylic acids is 2. The van der Waals surface area contributed by atoms with Crippen molar-refractivity contribution in [3.8, 4) is 11.5 Å². The van der Waals surface area contributed by atoms with Crippen LogP contribution in [-0.4, -0.2) is 50.7 Å². The van der Waals surface area contributed by atoms with E-state index in [1.165, 1.54) is 0 Å². The van der Waals surface area contributed by atoms with Crippen molar-refractivity contribution in [1.29, 1.82) is 0 Å². The first-order valence-corrected chi connectivity index (χ1v) is 9.23. The Hall–Kier alpha value is -2.24. The molecule has 0 radical (unpaired) electrons. The molecule has 0 N–H and O–H groups in total. The quantitative estimate of drug-likeness (QED) is 0.418. The van der Waals surface area contributed by atoms with Crippen LogP contribution in [0.2, 0.25) is 0 Å². The van der Waals surface area contributed by atoms with Crippen molar-refractivity contribution in [2.75, 3.05) is 33.9 Å². The Morgan fingerprint density at radius 1 is 0.923 bits per heavy atom. The van der Waals surface area contributed by atoms with Crippen molar-refractivity contribution in [3.05, 3.63) is 23.8 Å². The number of unbranched alkanes of at least 4 members (excludes halogenated alkanes) is 3. The summed E-state index contributed by atoms with van der Waals surface area (Å²) >= 11 is 0. The molecule has 0 unspecified atom stereocenters. The summed E-state index contributed by atoms with van der Waals surface area (Å²) < 4.78 is 15.5. The van der Waals surface area contributed by atoms with Gasteiger partial charge in [-0.1, -0.05) is 26.2 Å². The number of benzene rings is 1. The molecular formula is C20H31NO5. The van der Waals surface area contributed by atoms with Gasteiger partial charge in [0.15, 0.2) is 0 Å². The highest BCUT2D eigenvalue weighted by molar-refractivity contribution is 5.95. The van der Waals surface area contributed by atoms with Crippen LogP contribution in [0.3, 0.4) is 0 Å². The van der Waals surface area contributed by atoms with E-state index < -0.39 is 0 Å². The summed E-state index contributed by atoms with van der Waals surface area (Å²) in [6.07, 6.45) is 4.41. The SMILES string of the molecule is CCCCCCN(CCC(=O)OCC)C(=O)c1cc(OC)cc(OC)c1. The number of rotatable bonds is 12. The Bertz CT molecular complexity index is 551. The second-order valence-electron chi connectivity index (χ2n) is 6.01. The van der Waals surface area contributed by atoms with Crippen LogP contribution < -0.4 is 9.47 Å². The van der Waals surface area contributed by atoms with Crippen LogP contribution in [0.25, 0.3) is 0 Å². The van der Waals surface area contributed by atoms with Crippen molar-refractivity contribution in [2.45, 2.75) is 46.0 Å². The third-order valence-electron chi connectivity index (χ3n) is 4.06. The van der Waals surface area contributed by atoms with Gasteiger partial charge in [-0.3, -0.25) is 9.59 Å². The fraction of sp³-hybridized carbons (Fsp3) is 0.600. The molecule has 6 heteroatoms. The maximum absolute atomic E-state index is 13.0. The molecule has 1 amide bonds. The smallest absolute Gasteiger partial charge is 0.307 e. The number of hydrogen-bond acceptors (Lipinski definition) is 5. The van der Waals surface area contributed by atoms with Gasteiger partial charge in [0, 0.05) is 24.7 Å². The zero-order valence-electron chi connectivity index (χ0n) is 16.4. The summed E-state index contributed by atoms with van der Waals surface area (Å²) in [7, 11) is 3.10. The monoisotopic (exact) mass is 365 g/mol. The summed E-state index contributed by atoms with van der Waals surface area (Å²) in [5, 5.41) is 0. The molecule has 1 rings (SSSR count). The third-order valence-corrected chi connectivity index (χ3v) is 4.06. The van der Waals surface area contributed by atoms with E-state index in [0.717, 1.165) is 25.7 Å². The molecule has 0 spiro atoms. The molecule has 0 aliphatic heterocycles. The molecule has 6 nitrogen and oxygen atoms in total. The number of methoxy groups -OCH3 is 2. The highest BCUT2D eigenvalue weighted by Crippen LogP contribution is 2.23. The van der Waals surface area contributed by atoms with Gasteiger partial charge in [0.2, 0.25) is 0 Å².